The number of hydrogen-bond acceptors (Lipinski definition) is 5. The summed E-state index contributed by atoms with van der Waals surface area (Å²) in [4.78, 5) is 40.2. The normalized spacial score (nSPS) is 18.3. The molecule has 166 valence electrons. The van der Waals surface area contributed by atoms with Gasteiger partial charge in [-0.2, -0.15) is 0 Å². The second-order valence-corrected chi connectivity index (χ2v) is 8.10. The van der Waals surface area contributed by atoms with Gasteiger partial charge in [0.25, 0.3) is 0 Å². The van der Waals surface area contributed by atoms with Crippen LogP contribution in [0, 0.1) is 5.92 Å². The van der Waals surface area contributed by atoms with Gasteiger partial charge < -0.3 is 15.1 Å². The zero-order chi connectivity index (χ0) is 22.2. The molecule has 0 bridgehead atoms. The van der Waals surface area contributed by atoms with Crippen LogP contribution >= 0.6 is 0 Å². The van der Waals surface area contributed by atoms with E-state index in [0.29, 0.717) is 25.3 Å². The third kappa shape index (κ3) is 6.04. The molecule has 3 atom stereocenters. The van der Waals surface area contributed by atoms with E-state index in [0.717, 1.165) is 18.4 Å². The number of nitrogens with one attached hydrogen (secondary N) is 2. The Bertz CT molecular complexity index is 866. The third-order valence-electron chi connectivity index (χ3n) is 5.91. The SMILES string of the molecule is CCC(C)[C@H](NC(=O)[C@@H]1CCCN1CC(=O)c1ccco1)C(=O)NCc1ccccc1. The van der Waals surface area contributed by atoms with Crippen molar-refractivity contribution >= 4 is 17.6 Å². The lowest BCUT2D eigenvalue weighted by atomic mass is 9.97. The fourth-order valence-corrected chi connectivity index (χ4v) is 3.86. The molecule has 1 unspecified atom stereocenters. The minimum atomic E-state index is -0.621. The summed E-state index contributed by atoms with van der Waals surface area (Å²) in [5.41, 5.74) is 1.00. The molecule has 31 heavy (non-hydrogen) atoms. The molecule has 0 spiro atoms. The number of benzene rings is 1. The van der Waals surface area contributed by atoms with Crippen molar-refractivity contribution in [1.82, 2.24) is 15.5 Å². The van der Waals surface area contributed by atoms with Crippen molar-refractivity contribution in [2.45, 2.75) is 51.7 Å². The van der Waals surface area contributed by atoms with Crippen LogP contribution in [0.3, 0.4) is 0 Å². The van der Waals surface area contributed by atoms with Gasteiger partial charge in [0.15, 0.2) is 5.76 Å². The smallest absolute Gasteiger partial charge is 0.243 e. The van der Waals surface area contributed by atoms with Crippen LogP contribution in [0.4, 0.5) is 0 Å². The van der Waals surface area contributed by atoms with Gasteiger partial charge in [-0.05, 0) is 43.0 Å². The second kappa shape index (κ2) is 10.9. The van der Waals surface area contributed by atoms with Crippen LogP contribution in [-0.4, -0.2) is 47.7 Å². The molecular formula is C24H31N3O4. The Morgan fingerprint density at radius 3 is 2.61 bits per heavy atom. The molecule has 1 aromatic carbocycles. The minimum Gasteiger partial charge on any atom is -0.461 e. The number of Topliss-reactive ketones (excluding diaryl/α,β-unsaturated/α-hetero) is 1. The quantitative estimate of drug-likeness (QED) is 0.571. The first-order valence-corrected chi connectivity index (χ1v) is 10.9. The number of carbonyl (C=O) groups is 3. The standard InChI is InChI=1S/C24H31N3O4/c1-3-17(2)22(24(30)25-15-18-9-5-4-6-10-18)26-23(29)19-11-7-13-27(19)16-20(28)21-12-8-14-31-21/h4-6,8-10,12,14,17,19,22H,3,7,11,13,15-16H2,1-2H3,(H,25,30)(H,26,29)/t17?,19-,22-/m0/s1. The number of hydrogen-bond donors (Lipinski definition) is 2. The molecule has 1 fully saturated rings. The van der Waals surface area contributed by atoms with Gasteiger partial charge >= 0.3 is 0 Å². The molecule has 0 radical (unpaired) electrons. The average molecular weight is 426 g/mol. The molecule has 7 nitrogen and oxygen atoms in total. The van der Waals surface area contributed by atoms with E-state index < -0.39 is 12.1 Å². The molecule has 2 N–H and O–H groups in total. The molecule has 1 saturated heterocycles. The number of furan rings is 1. The fraction of sp³-hybridized carbons (Fsp3) is 0.458. The summed E-state index contributed by atoms with van der Waals surface area (Å²) in [5.74, 6) is -0.264. The summed E-state index contributed by atoms with van der Waals surface area (Å²) >= 11 is 0. The summed E-state index contributed by atoms with van der Waals surface area (Å²) in [6.45, 7) is 5.16. The number of carbonyl (C=O) groups excluding carboxylic acids is 3. The zero-order valence-electron chi connectivity index (χ0n) is 18.2. The van der Waals surface area contributed by atoms with Crippen LogP contribution in [0.15, 0.2) is 53.1 Å². The van der Waals surface area contributed by atoms with Crippen LogP contribution in [0.2, 0.25) is 0 Å². The van der Waals surface area contributed by atoms with Gasteiger partial charge in [0.2, 0.25) is 17.6 Å². The van der Waals surface area contributed by atoms with Gasteiger partial charge in [0.1, 0.15) is 6.04 Å². The fourth-order valence-electron chi connectivity index (χ4n) is 3.86. The van der Waals surface area contributed by atoms with E-state index in [1.807, 2.05) is 49.1 Å². The van der Waals surface area contributed by atoms with Crippen molar-refractivity contribution in [3.05, 3.63) is 60.1 Å². The molecule has 0 aliphatic carbocycles. The number of likely N-dealkylation sites (tertiary alicyclic amines) is 1. The third-order valence-corrected chi connectivity index (χ3v) is 5.91. The van der Waals surface area contributed by atoms with Crippen molar-refractivity contribution < 1.29 is 18.8 Å². The molecule has 1 aliphatic heterocycles. The lowest BCUT2D eigenvalue weighted by Gasteiger charge is -2.28. The van der Waals surface area contributed by atoms with Crippen molar-refractivity contribution in [3.63, 3.8) is 0 Å². The highest BCUT2D eigenvalue weighted by atomic mass is 16.3. The first-order chi connectivity index (χ1) is 15.0. The Balaban J connectivity index is 1.61. The molecule has 0 saturated carbocycles. The van der Waals surface area contributed by atoms with Crippen molar-refractivity contribution in [2.24, 2.45) is 5.92 Å². The lowest BCUT2D eigenvalue weighted by Crippen LogP contribution is -2.54. The molecule has 7 heteroatoms. The summed E-state index contributed by atoms with van der Waals surface area (Å²) < 4.78 is 5.18. The Labute approximate surface area is 183 Å². The summed E-state index contributed by atoms with van der Waals surface area (Å²) in [7, 11) is 0. The van der Waals surface area contributed by atoms with Crippen molar-refractivity contribution in [3.8, 4) is 0 Å². The van der Waals surface area contributed by atoms with Gasteiger partial charge in [-0.15, -0.1) is 0 Å². The Morgan fingerprint density at radius 2 is 1.94 bits per heavy atom. The summed E-state index contributed by atoms with van der Waals surface area (Å²) in [5, 5.41) is 5.89. The zero-order valence-corrected chi connectivity index (χ0v) is 18.2. The Hall–Kier alpha value is -2.93. The molecule has 2 heterocycles. The first kappa shape index (κ1) is 22.7. The number of rotatable bonds is 10. The molecular weight excluding hydrogens is 394 g/mol. The molecule has 2 aromatic rings. The van der Waals surface area contributed by atoms with E-state index in [4.69, 9.17) is 4.42 Å². The van der Waals surface area contributed by atoms with Gasteiger partial charge in [0, 0.05) is 6.54 Å². The van der Waals surface area contributed by atoms with E-state index in [1.165, 1.54) is 6.26 Å². The summed E-state index contributed by atoms with van der Waals surface area (Å²) in [6.07, 6.45) is 3.72. The van der Waals surface area contributed by atoms with E-state index in [-0.39, 0.29) is 30.1 Å². The van der Waals surface area contributed by atoms with Gasteiger partial charge in [-0.25, -0.2) is 0 Å². The molecule has 1 aliphatic rings. The summed E-state index contributed by atoms with van der Waals surface area (Å²) in [6, 6.07) is 11.9. The Morgan fingerprint density at radius 1 is 1.16 bits per heavy atom. The predicted octanol–water partition coefficient (Wildman–Crippen LogP) is 2.77. The van der Waals surface area contributed by atoms with Crippen LogP contribution in [0.1, 0.15) is 49.2 Å². The Kier molecular flexibility index (Phi) is 8.00. The number of nitrogens with zero attached hydrogens (tertiary/aromatic N) is 1. The molecule has 1 aromatic heterocycles. The van der Waals surface area contributed by atoms with Crippen LogP contribution in [-0.2, 0) is 16.1 Å². The number of amides is 2. The van der Waals surface area contributed by atoms with Crippen LogP contribution in [0.5, 0.6) is 0 Å². The van der Waals surface area contributed by atoms with Gasteiger partial charge in [-0.3, -0.25) is 19.3 Å². The first-order valence-electron chi connectivity index (χ1n) is 10.9. The monoisotopic (exact) mass is 425 g/mol. The largest absolute Gasteiger partial charge is 0.461 e. The molecule has 2 amide bonds. The molecule has 3 rings (SSSR count). The van der Waals surface area contributed by atoms with Crippen molar-refractivity contribution in [2.75, 3.05) is 13.1 Å². The average Bonchev–Trinajstić information content (AvgIpc) is 3.48. The van der Waals surface area contributed by atoms with Gasteiger partial charge in [0.05, 0.1) is 18.8 Å². The van der Waals surface area contributed by atoms with Gasteiger partial charge in [-0.1, -0.05) is 50.6 Å². The van der Waals surface area contributed by atoms with Crippen LogP contribution < -0.4 is 10.6 Å². The predicted molar refractivity (Wildman–Crippen MR) is 117 cm³/mol. The van der Waals surface area contributed by atoms with E-state index in [1.54, 1.807) is 12.1 Å². The highest BCUT2D eigenvalue weighted by molar-refractivity contribution is 5.96. The minimum absolute atomic E-state index is 0.0145. The maximum Gasteiger partial charge on any atom is 0.243 e. The topological polar surface area (TPSA) is 91.7 Å². The highest BCUT2D eigenvalue weighted by Gasteiger charge is 2.35. The van der Waals surface area contributed by atoms with Crippen molar-refractivity contribution in [1.29, 1.82) is 0 Å². The van der Waals surface area contributed by atoms with E-state index in [2.05, 4.69) is 10.6 Å². The van der Waals surface area contributed by atoms with E-state index >= 15 is 0 Å². The van der Waals surface area contributed by atoms with E-state index in [9.17, 15) is 14.4 Å². The maximum absolute atomic E-state index is 13.1. The lowest BCUT2D eigenvalue weighted by molar-refractivity contribution is -0.132. The maximum atomic E-state index is 13.1. The second-order valence-electron chi connectivity index (χ2n) is 8.10. The van der Waals surface area contributed by atoms with Crippen LogP contribution in [0.25, 0.3) is 0 Å². The number of ketones is 1. The highest BCUT2D eigenvalue weighted by Crippen LogP contribution is 2.19.